The number of carboxylic acid groups (broad SMARTS) is 2. The summed E-state index contributed by atoms with van der Waals surface area (Å²) >= 11 is 11.9. The maximum Gasteiger partial charge on any atom is 0.327 e. The van der Waals surface area contributed by atoms with Crippen LogP contribution in [0.25, 0.3) is 0 Å². The molecule has 0 bridgehead atoms. The fourth-order valence-corrected chi connectivity index (χ4v) is 10.1. The maximum absolute atomic E-state index is 13.5. The molecule has 4 rings (SSSR count). The molecule has 0 saturated heterocycles. The number of amides is 2. The van der Waals surface area contributed by atoms with Crippen LogP contribution in [-0.4, -0.2) is 87.5 Å². The average molecular weight is 856 g/mol. The lowest BCUT2D eigenvalue weighted by Gasteiger charge is -2.25. The van der Waals surface area contributed by atoms with Crippen molar-refractivity contribution in [2.75, 3.05) is 33.2 Å². The van der Waals surface area contributed by atoms with Crippen molar-refractivity contribution < 1.29 is 46.2 Å². The molecule has 286 valence electrons. The van der Waals surface area contributed by atoms with Crippen LogP contribution in [0.4, 0.5) is 11.4 Å². The summed E-state index contributed by atoms with van der Waals surface area (Å²) in [7, 11) is -6.79. The van der Waals surface area contributed by atoms with Crippen molar-refractivity contribution >= 4 is 100.0 Å². The Morgan fingerprint density at radius 2 is 0.870 bits per heavy atom. The van der Waals surface area contributed by atoms with Gasteiger partial charge in [0.15, 0.2) is 0 Å². The summed E-state index contributed by atoms with van der Waals surface area (Å²) in [4.78, 5) is 50.1. The van der Waals surface area contributed by atoms with Crippen molar-refractivity contribution in [3.8, 4) is 0 Å². The zero-order valence-electron chi connectivity index (χ0n) is 27.8. The lowest BCUT2D eigenvalue weighted by molar-refractivity contribution is -0.141. The molecule has 4 aromatic rings. The van der Waals surface area contributed by atoms with Gasteiger partial charge in [0.25, 0.3) is 20.0 Å². The zero-order valence-corrected chi connectivity index (χ0v) is 32.6. The number of sulfonamides is 2. The van der Waals surface area contributed by atoms with Gasteiger partial charge in [-0.3, -0.25) is 18.2 Å². The molecule has 0 aromatic heterocycles. The lowest BCUT2D eigenvalue weighted by atomic mass is 10.3. The highest BCUT2D eigenvalue weighted by Crippen LogP contribution is 2.27. The first kappa shape index (κ1) is 42.3. The summed E-state index contributed by atoms with van der Waals surface area (Å²) in [5, 5.41) is 24.8. The van der Waals surface area contributed by atoms with E-state index < -0.39 is 69.0 Å². The molecule has 54 heavy (non-hydrogen) atoms. The van der Waals surface area contributed by atoms with E-state index in [2.05, 4.69) is 10.6 Å². The molecule has 14 nitrogen and oxygen atoms in total. The van der Waals surface area contributed by atoms with E-state index in [0.717, 1.165) is 30.2 Å². The molecule has 2 amide bonds. The molecule has 0 fully saturated rings. The number of anilines is 2. The molecule has 0 saturated carbocycles. The van der Waals surface area contributed by atoms with Crippen LogP contribution in [0.15, 0.2) is 119 Å². The fraction of sp³-hybridized carbons (Fsp3) is 0.176. The Labute approximate surface area is 329 Å². The molecule has 2 atom stereocenters. The van der Waals surface area contributed by atoms with Crippen molar-refractivity contribution in [2.45, 2.75) is 21.9 Å². The van der Waals surface area contributed by atoms with Crippen LogP contribution in [-0.2, 0) is 39.2 Å². The highest BCUT2D eigenvalue weighted by molar-refractivity contribution is 8.76. The van der Waals surface area contributed by atoms with E-state index >= 15 is 0 Å². The number of benzene rings is 4. The van der Waals surface area contributed by atoms with E-state index in [9.17, 15) is 46.2 Å². The minimum absolute atomic E-state index is 0.103. The first-order valence-corrected chi connectivity index (χ1v) is 21.7. The Kier molecular flexibility index (Phi) is 15.1. The summed E-state index contributed by atoms with van der Waals surface area (Å²) in [6.07, 6.45) is 0. The topological polar surface area (TPSA) is 208 Å². The van der Waals surface area contributed by atoms with Gasteiger partial charge in [-0.2, -0.15) is 0 Å². The third-order valence-electron chi connectivity index (χ3n) is 7.29. The average Bonchev–Trinajstić information content (AvgIpc) is 3.15. The number of nitrogens with zero attached hydrogens (tertiary/aromatic N) is 2. The Hall–Kier alpha value is -4.46. The standard InChI is InChI=1S/C34H32Cl2N4O10S4/c35-23-11-15-25(16-12-23)39(53(47,48)27-7-3-1-4-8-27)19-31(41)37-29(33(43)44)21-51-52-22-30(34(45)46)38-32(42)20-40(26-17-13-24(36)14-18-26)54(49,50)28-9-5-2-6-10-28/h1-18,29-30H,19-22H2,(H,37,41)(H,38,42)(H,43,44)(H,45,46)/t29-,30-/m0/s1. The van der Waals surface area contributed by atoms with Crippen LogP contribution in [0.5, 0.6) is 0 Å². The van der Waals surface area contributed by atoms with Crippen LogP contribution in [0.3, 0.4) is 0 Å². The van der Waals surface area contributed by atoms with Gasteiger partial charge < -0.3 is 20.8 Å². The van der Waals surface area contributed by atoms with Crippen LogP contribution in [0.2, 0.25) is 10.0 Å². The van der Waals surface area contributed by atoms with Crippen molar-refractivity contribution in [1.82, 2.24) is 10.6 Å². The minimum atomic E-state index is -4.27. The van der Waals surface area contributed by atoms with Crippen LogP contribution < -0.4 is 19.2 Å². The monoisotopic (exact) mass is 854 g/mol. The number of hydrogen-bond donors (Lipinski definition) is 4. The third kappa shape index (κ3) is 11.5. The molecule has 20 heteroatoms. The summed E-state index contributed by atoms with van der Waals surface area (Å²) in [6, 6.07) is 22.9. The first-order chi connectivity index (χ1) is 25.6. The van der Waals surface area contributed by atoms with Gasteiger partial charge >= 0.3 is 11.9 Å². The Morgan fingerprint density at radius 1 is 0.556 bits per heavy atom. The second-order valence-corrected chi connectivity index (χ2v) is 18.2. The molecule has 0 radical (unpaired) electrons. The number of hydrogen-bond acceptors (Lipinski definition) is 10. The predicted molar refractivity (Wildman–Crippen MR) is 209 cm³/mol. The predicted octanol–water partition coefficient (Wildman–Crippen LogP) is 4.60. The van der Waals surface area contributed by atoms with E-state index in [4.69, 9.17) is 23.2 Å². The molecular formula is C34H32Cl2N4O10S4. The summed E-state index contributed by atoms with van der Waals surface area (Å²) in [6.45, 7) is -1.55. The summed E-state index contributed by atoms with van der Waals surface area (Å²) in [5.41, 5.74) is 0.205. The number of carbonyl (C=O) groups is 4. The Morgan fingerprint density at radius 3 is 1.17 bits per heavy atom. The lowest BCUT2D eigenvalue weighted by Crippen LogP contribution is -2.48. The SMILES string of the molecule is O=C(CN(c1ccc(Cl)cc1)S(=O)(=O)c1ccccc1)N[C@@H](CSSC[C@H](NC(=O)CN(c1ccc(Cl)cc1)S(=O)(=O)c1ccccc1)C(=O)O)C(=O)O. The van der Waals surface area contributed by atoms with Crippen molar-refractivity contribution in [3.63, 3.8) is 0 Å². The second-order valence-electron chi connectivity index (χ2n) is 11.1. The van der Waals surface area contributed by atoms with E-state index in [1.165, 1.54) is 97.1 Å². The normalized spacial score (nSPS) is 12.6. The molecule has 0 unspecified atom stereocenters. The smallest absolute Gasteiger partial charge is 0.327 e. The quantitative estimate of drug-likeness (QED) is 0.0754. The molecule has 4 aromatic carbocycles. The third-order valence-corrected chi connectivity index (χ3v) is 13.8. The van der Waals surface area contributed by atoms with Gasteiger partial charge in [-0.25, -0.2) is 26.4 Å². The summed E-state index contributed by atoms with van der Waals surface area (Å²) < 4.78 is 55.7. The zero-order chi connectivity index (χ0) is 39.5. The van der Waals surface area contributed by atoms with E-state index in [0.29, 0.717) is 10.0 Å². The van der Waals surface area contributed by atoms with Gasteiger partial charge in [0.1, 0.15) is 25.2 Å². The maximum atomic E-state index is 13.5. The summed E-state index contributed by atoms with van der Waals surface area (Å²) in [5.74, 6) is -5.31. The number of aliphatic carboxylic acids is 2. The van der Waals surface area contributed by atoms with Crippen molar-refractivity contribution in [1.29, 1.82) is 0 Å². The number of halogens is 2. The van der Waals surface area contributed by atoms with Gasteiger partial charge in [-0.05, 0) is 72.8 Å². The van der Waals surface area contributed by atoms with Gasteiger partial charge in [-0.1, -0.05) is 81.2 Å². The van der Waals surface area contributed by atoms with E-state index in [-0.39, 0.29) is 32.7 Å². The largest absolute Gasteiger partial charge is 0.480 e. The van der Waals surface area contributed by atoms with E-state index in [1.54, 1.807) is 12.1 Å². The molecule has 4 N–H and O–H groups in total. The molecular weight excluding hydrogens is 824 g/mol. The van der Waals surface area contributed by atoms with Crippen LogP contribution >= 0.6 is 44.8 Å². The number of carbonyl (C=O) groups excluding carboxylic acids is 2. The van der Waals surface area contributed by atoms with Gasteiger partial charge in [0, 0.05) is 21.6 Å². The van der Waals surface area contributed by atoms with Gasteiger partial charge in [0.05, 0.1) is 21.2 Å². The molecule has 0 spiro atoms. The molecule has 0 aliphatic carbocycles. The van der Waals surface area contributed by atoms with Crippen molar-refractivity contribution in [2.24, 2.45) is 0 Å². The highest BCUT2D eigenvalue weighted by Gasteiger charge is 2.31. The van der Waals surface area contributed by atoms with Gasteiger partial charge in [0.2, 0.25) is 11.8 Å². The highest BCUT2D eigenvalue weighted by atomic mass is 35.5. The van der Waals surface area contributed by atoms with Crippen LogP contribution in [0, 0.1) is 0 Å². The second kappa shape index (κ2) is 19.2. The number of nitrogens with one attached hydrogen (secondary N) is 2. The fourth-order valence-electron chi connectivity index (χ4n) is 4.61. The number of rotatable bonds is 19. The first-order valence-electron chi connectivity index (χ1n) is 15.5. The Balaban J connectivity index is 1.38. The van der Waals surface area contributed by atoms with Crippen molar-refractivity contribution in [3.05, 3.63) is 119 Å². The molecule has 0 aliphatic heterocycles. The van der Waals surface area contributed by atoms with E-state index in [1.807, 2.05) is 0 Å². The Bertz CT molecular complexity index is 2000. The van der Waals surface area contributed by atoms with Crippen LogP contribution in [0.1, 0.15) is 0 Å². The van der Waals surface area contributed by atoms with Gasteiger partial charge in [-0.15, -0.1) is 0 Å². The molecule has 0 aliphatic rings. The molecule has 0 heterocycles. The number of carboxylic acids is 2. The minimum Gasteiger partial charge on any atom is -0.480 e.